The maximum atomic E-state index is 12.5. The van der Waals surface area contributed by atoms with Gasteiger partial charge in [0.1, 0.15) is 4.90 Å². The summed E-state index contributed by atoms with van der Waals surface area (Å²) in [5, 5.41) is 9.67. The zero-order valence-corrected chi connectivity index (χ0v) is 14.1. The van der Waals surface area contributed by atoms with Gasteiger partial charge in [-0.15, -0.1) is 0 Å². The van der Waals surface area contributed by atoms with E-state index in [1.165, 1.54) is 17.2 Å². The molecule has 132 valence electrons. The van der Waals surface area contributed by atoms with Crippen LogP contribution in [0, 0.1) is 5.92 Å². The number of carbonyl (C=O) groups is 2. The van der Waals surface area contributed by atoms with Crippen molar-refractivity contribution >= 4 is 32.8 Å². The molecule has 1 aromatic carbocycles. The van der Waals surface area contributed by atoms with Gasteiger partial charge in [-0.1, -0.05) is 18.2 Å². The molecule has 1 amide bonds. The molecule has 0 saturated carbocycles. The first-order chi connectivity index (χ1) is 11.9. The Morgan fingerprint density at radius 2 is 2.08 bits per heavy atom. The van der Waals surface area contributed by atoms with E-state index < -0.39 is 21.9 Å². The Kier molecular flexibility index (Phi) is 4.69. The number of hydrogen-bond donors (Lipinski definition) is 2. The summed E-state index contributed by atoms with van der Waals surface area (Å²) in [7, 11) is -3.79. The van der Waals surface area contributed by atoms with Crippen molar-refractivity contribution in [2.45, 2.75) is 11.3 Å². The highest BCUT2D eigenvalue weighted by Gasteiger charge is 2.34. The van der Waals surface area contributed by atoms with E-state index >= 15 is 0 Å². The number of hydrogen-bond acceptors (Lipinski definition) is 5. The number of sulfonamides is 1. The Balaban J connectivity index is 1.68. The van der Waals surface area contributed by atoms with Gasteiger partial charge in [0.25, 0.3) is 0 Å². The van der Waals surface area contributed by atoms with Crippen molar-refractivity contribution in [3.8, 4) is 0 Å². The van der Waals surface area contributed by atoms with Crippen molar-refractivity contribution in [3.63, 3.8) is 0 Å². The maximum absolute atomic E-state index is 12.5. The summed E-state index contributed by atoms with van der Waals surface area (Å²) in [6, 6.07) is 8.38. The Bertz CT molecular complexity index is 923. The first kappa shape index (κ1) is 17.3. The molecule has 1 aliphatic rings. The number of benzene rings is 1. The number of fused-ring (bicyclic) bond motifs is 1. The number of amides is 1. The minimum atomic E-state index is -3.79. The van der Waals surface area contributed by atoms with Crippen LogP contribution in [0.4, 0.5) is 0 Å². The van der Waals surface area contributed by atoms with E-state index in [2.05, 4.69) is 9.71 Å². The lowest BCUT2D eigenvalue weighted by molar-refractivity contribution is -0.141. The zero-order chi connectivity index (χ0) is 18.0. The summed E-state index contributed by atoms with van der Waals surface area (Å²) in [6.45, 7) is 0.232. The normalized spacial score (nSPS) is 18.0. The van der Waals surface area contributed by atoms with Gasteiger partial charge in [-0.05, 0) is 12.1 Å². The predicted molar refractivity (Wildman–Crippen MR) is 89.3 cm³/mol. The third-order valence-corrected chi connectivity index (χ3v) is 5.62. The van der Waals surface area contributed by atoms with Crippen LogP contribution in [0.1, 0.15) is 6.42 Å². The van der Waals surface area contributed by atoms with Gasteiger partial charge in [-0.25, -0.2) is 13.1 Å². The first-order valence-corrected chi connectivity index (χ1v) is 9.21. The van der Waals surface area contributed by atoms with Crippen molar-refractivity contribution < 1.29 is 23.1 Å². The number of aliphatic carboxylic acids is 1. The van der Waals surface area contributed by atoms with Crippen LogP contribution < -0.4 is 4.72 Å². The van der Waals surface area contributed by atoms with Crippen molar-refractivity contribution in [1.29, 1.82) is 0 Å². The van der Waals surface area contributed by atoms with E-state index in [-0.39, 0.29) is 36.9 Å². The molecule has 25 heavy (non-hydrogen) atoms. The average molecular weight is 363 g/mol. The molecule has 2 aromatic rings. The van der Waals surface area contributed by atoms with Crippen molar-refractivity contribution in [2.75, 3.05) is 19.6 Å². The quantitative estimate of drug-likeness (QED) is 0.769. The number of nitrogens with zero attached hydrogens (tertiary/aromatic N) is 2. The Morgan fingerprint density at radius 1 is 1.32 bits per heavy atom. The number of carbonyl (C=O) groups excluding carboxylic acids is 1. The fraction of sp³-hybridized carbons (Fsp3) is 0.312. The number of likely N-dealkylation sites (tertiary alicyclic amines) is 1. The average Bonchev–Trinajstić information content (AvgIpc) is 2.95. The molecule has 3 rings (SSSR count). The fourth-order valence-electron chi connectivity index (χ4n) is 2.84. The summed E-state index contributed by atoms with van der Waals surface area (Å²) in [5.41, 5.74) is 0.376. The lowest BCUT2D eigenvalue weighted by Gasteiger charge is -2.16. The number of pyridine rings is 1. The minimum absolute atomic E-state index is 0.00360. The van der Waals surface area contributed by atoms with Gasteiger partial charge in [0.2, 0.25) is 15.9 Å². The molecule has 0 bridgehead atoms. The lowest BCUT2D eigenvalue weighted by Crippen LogP contribution is -2.36. The summed E-state index contributed by atoms with van der Waals surface area (Å²) in [5.74, 6) is -2.02. The molecule has 1 unspecified atom stereocenters. The van der Waals surface area contributed by atoms with Gasteiger partial charge < -0.3 is 10.0 Å². The van der Waals surface area contributed by atoms with E-state index in [1.807, 2.05) is 0 Å². The van der Waals surface area contributed by atoms with Crippen LogP contribution in [-0.2, 0) is 19.6 Å². The zero-order valence-electron chi connectivity index (χ0n) is 13.3. The molecule has 2 N–H and O–H groups in total. The molecule has 1 fully saturated rings. The second-order valence-electron chi connectivity index (χ2n) is 5.81. The molecule has 1 aromatic heterocycles. The molecular weight excluding hydrogens is 346 g/mol. The molecule has 0 aliphatic carbocycles. The maximum Gasteiger partial charge on any atom is 0.308 e. The van der Waals surface area contributed by atoms with Gasteiger partial charge in [-0.2, -0.15) is 0 Å². The van der Waals surface area contributed by atoms with Crippen molar-refractivity contribution in [1.82, 2.24) is 14.6 Å². The number of carboxylic acid groups (broad SMARTS) is 1. The molecule has 1 saturated heterocycles. The standard InChI is InChI=1S/C16H17N3O5S/c20-14-9-12(16(21)22)10-19(14)8-7-18-25(23,24)13-5-1-3-11-4-2-6-17-15(11)13/h1-6,12,18H,7-10H2,(H,21,22). The van der Waals surface area contributed by atoms with Crippen LogP contribution in [0.5, 0.6) is 0 Å². The van der Waals surface area contributed by atoms with Crippen LogP contribution in [0.25, 0.3) is 10.9 Å². The van der Waals surface area contributed by atoms with Crippen LogP contribution in [0.3, 0.4) is 0 Å². The van der Waals surface area contributed by atoms with E-state index in [4.69, 9.17) is 5.11 Å². The molecule has 9 heteroatoms. The highest BCUT2D eigenvalue weighted by atomic mass is 32.2. The molecule has 1 atom stereocenters. The largest absolute Gasteiger partial charge is 0.481 e. The summed E-state index contributed by atoms with van der Waals surface area (Å²) in [6.07, 6.45) is 1.48. The van der Waals surface area contributed by atoms with E-state index in [1.54, 1.807) is 24.3 Å². The van der Waals surface area contributed by atoms with Crippen LogP contribution in [-0.4, -0.2) is 54.9 Å². The van der Waals surface area contributed by atoms with Crippen molar-refractivity contribution in [3.05, 3.63) is 36.5 Å². The first-order valence-electron chi connectivity index (χ1n) is 7.72. The Hall–Kier alpha value is -2.52. The second-order valence-corrected chi connectivity index (χ2v) is 7.54. The summed E-state index contributed by atoms with van der Waals surface area (Å²) >= 11 is 0. The smallest absolute Gasteiger partial charge is 0.308 e. The summed E-state index contributed by atoms with van der Waals surface area (Å²) in [4.78, 5) is 28.3. The molecule has 8 nitrogen and oxygen atoms in total. The predicted octanol–water partition coefficient (Wildman–Crippen LogP) is 0.446. The highest BCUT2D eigenvalue weighted by Crippen LogP contribution is 2.21. The van der Waals surface area contributed by atoms with Gasteiger partial charge in [0, 0.05) is 37.6 Å². The van der Waals surface area contributed by atoms with Gasteiger partial charge >= 0.3 is 5.97 Å². The third-order valence-electron chi connectivity index (χ3n) is 4.12. The monoisotopic (exact) mass is 363 g/mol. The number of carboxylic acids is 1. The third kappa shape index (κ3) is 3.62. The second kappa shape index (κ2) is 6.77. The van der Waals surface area contributed by atoms with Gasteiger partial charge in [0.15, 0.2) is 0 Å². The van der Waals surface area contributed by atoms with Crippen LogP contribution in [0.15, 0.2) is 41.4 Å². The van der Waals surface area contributed by atoms with Crippen molar-refractivity contribution in [2.24, 2.45) is 5.92 Å². The van der Waals surface area contributed by atoms with E-state index in [0.717, 1.165) is 0 Å². The highest BCUT2D eigenvalue weighted by molar-refractivity contribution is 7.89. The number of aromatic nitrogens is 1. The van der Waals surface area contributed by atoms with Gasteiger partial charge in [0.05, 0.1) is 11.4 Å². The Morgan fingerprint density at radius 3 is 2.80 bits per heavy atom. The molecular formula is C16H17N3O5S. The van der Waals surface area contributed by atoms with E-state index in [0.29, 0.717) is 10.9 Å². The molecule has 0 spiro atoms. The van der Waals surface area contributed by atoms with Gasteiger partial charge in [-0.3, -0.25) is 14.6 Å². The molecule has 2 heterocycles. The fourth-order valence-corrected chi connectivity index (χ4v) is 4.04. The van der Waals surface area contributed by atoms with Crippen LogP contribution in [0.2, 0.25) is 0 Å². The SMILES string of the molecule is O=C(O)C1CC(=O)N(CCNS(=O)(=O)c2cccc3cccnc23)C1. The number of nitrogens with one attached hydrogen (secondary N) is 1. The summed E-state index contributed by atoms with van der Waals surface area (Å²) < 4.78 is 27.5. The molecule has 0 radical (unpaired) electrons. The van der Waals surface area contributed by atoms with Crippen LogP contribution >= 0.6 is 0 Å². The minimum Gasteiger partial charge on any atom is -0.481 e. The lowest BCUT2D eigenvalue weighted by atomic mass is 10.1. The topological polar surface area (TPSA) is 117 Å². The number of para-hydroxylation sites is 1. The van der Waals surface area contributed by atoms with E-state index in [9.17, 15) is 18.0 Å². The number of rotatable bonds is 6. The molecule has 1 aliphatic heterocycles. The Labute approximate surface area is 144 Å².